The van der Waals surface area contributed by atoms with E-state index < -0.39 is 16.1 Å². The number of halogens is 1. The summed E-state index contributed by atoms with van der Waals surface area (Å²) in [7, 11) is -2.51. The van der Waals surface area contributed by atoms with Crippen molar-refractivity contribution in [3.05, 3.63) is 9.78 Å². The third-order valence-corrected chi connectivity index (χ3v) is 2.55. The van der Waals surface area contributed by atoms with Crippen molar-refractivity contribution in [2.45, 2.75) is 6.92 Å². The van der Waals surface area contributed by atoms with E-state index in [1.54, 1.807) is 0 Å². The van der Waals surface area contributed by atoms with Crippen molar-refractivity contribution in [3.63, 3.8) is 0 Å². The van der Waals surface area contributed by atoms with Gasteiger partial charge in [0.2, 0.25) is 5.91 Å². The van der Waals surface area contributed by atoms with Gasteiger partial charge >= 0.3 is 10.2 Å². The van der Waals surface area contributed by atoms with E-state index in [0.717, 1.165) is 13.1 Å². The number of rotatable bonds is 3. The molecular formula is C6H10IN3O3S. The molecule has 6 nitrogen and oxygen atoms in total. The van der Waals surface area contributed by atoms with Gasteiger partial charge in [-0.25, -0.2) is 9.44 Å². The molecule has 0 rings (SSSR count). The number of carbonyl (C=O) groups excluding carboxylic acids is 1. The van der Waals surface area contributed by atoms with Crippen LogP contribution in [0.3, 0.4) is 0 Å². The van der Waals surface area contributed by atoms with Crippen molar-refractivity contribution in [1.29, 1.82) is 0 Å². The number of amides is 1. The number of nitrogens with two attached hydrogens (primary N) is 1. The van der Waals surface area contributed by atoms with Gasteiger partial charge in [0.05, 0.1) is 0 Å². The lowest BCUT2D eigenvalue weighted by Gasteiger charge is -2.12. The standard InChI is InChI=1S/C6H10IN3O3S/c1-5(11)10(14(8,12)13)4-6(7)3-9-2/h3-4H,1-2H3,(H2,8,12,13)/b6-4+,9-3?. The van der Waals surface area contributed by atoms with Gasteiger partial charge in [-0.2, -0.15) is 8.42 Å². The molecular weight excluding hydrogens is 321 g/mol. The summed E-state index contributed by atoms with van der Waals surface area (Å²) in [4.78, 5) is 14.6. The summed E-state index contributed by atoms with van der Waals surface area (Å²) in [6.07, 6.45) is 2.51. The van der Waals surface area contributed by atoms with Crippen LogP contribution in [-0.2, 0) is 15.0 Å². The molecule has 0 atom stereocenters. The fourth-order valence-electron chi connectivity index (χ4n) is 0.612. The lowest BCUT2D eigenvalue weighted by Crippen LogP contribution is -2.36. The summed E-state index contributed by atoms with van der Waals surface area (Å²) >= 11 is 1.83. The first-order chi connectivity index (χ1) is 6.29. The van der Waals surface area contributed by atoms with E-state index in [4.69, 9.17) is 5.14 Å². The average molecular weight is 331 g/mol. The minimum Gasteiger partial charge on any atom is -0.295 e. The molecule has 0 unspecified atom stereocenters. The second-order valence-corrected chi connectivity index (χ2v) is 4.93. The van der Waals surface area contributed by atoms with Crippen LogP contribution in [0, 0.1) is 0 Å². The largest absolute Gasteiger partial charge is 0.305 e. The van der Waals surface area contributed by atoms with Gasteiger partial charge in [-0.15, -0.1) is 0 Å². The molecule has 0 heterocycles. The van der Waals surface area contributed by atoms with Crippen molar-refractivity contribution in [1.82, 2.24) is 4.31 Å². The van der Waals surface area contributed by atoms with Gasteiger partial charge in [-0.1, -0.05) is 0 Å². The van der Waals surface area contributed by atoms with Crippen molar-refractivity contribution in [2.24, 2.45) is 10.1 Å². The summed E-state index contributed by atoms with van der Waals surface area (Å²) in [5.74, 6) is -0.675. The SMILES string of the molecule is CN=C/C(I)=C\N(C(C)=O)S(N)(=O)=O. The first kappa shape index (κ1) is 13.5. The highest BCUT2D eigenvalue weighted by atomic mass is 127. The first-order valence-corrected chi connectivity index (χ1v) is 5.99. The number of hydrogen-bond donors (Lipinski definition) is 1. The van der Waals surface area contributed by atoms with E-state index in [2.05, 4.69) is 4.99 Å². The minimum atomic E-state index is -4.04. The predicted molar refractivity (Wildman–Crippen MR) is 62.1 cm³/mol. The van der Waals surface area contributed by atoms with Crippen molar-refractivity contribution in [3.8, 4) is 0 Å². The lowest BCUT2D eigenvalue weighted by molar-refractivity contribution is -0.122. The highest BCUT2D eigenvalue weighted by molar-refractivity contribution is 14.1. The normalized spacial score (nSPS) is 13.3. The third-order valence-electron chi connectivity index (χ3n) is 1.08. The Hall–Kier alpha value is -0.480. The zero-order valence-electron chi connectivity index (χ0n) is 7.64. The Morgan fingerprint density at radius 2 is 2.07 bits per heavy atom. The number of carbonyl (C=O) groups is 1. The van der Waals surface area contributed by atoms with E-state index >= 15 is 0 Å². The maximum absolute atomic E-state index is 10.9. The van der Waals surface area contributed by atoms with Crippen molar-refractivity contribution in [2.75, 3.05) is 7.05 Å². The van der Waals surface area contributed by atoms with Crippen molar-refractivity contribution >= 4 is 44.9 Å². The summed E-state index contributed by atoms with van der Waals surface area (Å²) in [5.41, 5.74) is 0. The summed E-state index contributed by atoms with van der Waals surface area (Å²) < 4.78 is 22.7. The second-order valence-electron chi connectivity index (χ2n) is 2.26. The molecule has 0 aromatic rings. The van der Waals surface area contributed by atoms with Gasteiger partial charge in [0.1, 0.15) is 0 Å². The Morgan fingerprint density at radius 1 is 1.57 bits per heavy atom. The highest BCUT2D eigenvalue weighted by Gasteiger charge is 2.17. The Bertz CT molecular complexity index is 374. The van der Waals surface area contributed by atoms with E-state index in [-0.39, 0.29) is 0 Å². The van der Waals surface area contributed by atoms with Crippen LogP contribution in [0.2, 0.25) is 0 Å². The number of nitrogens with zero attached hydrogens (tertiary/aromatic N) is 2. The molecule has 2 N–H and O–H groups in total. The Labute approximate surface area is 96.2 Å². The molecule has 0 saturated heterocycles. The molecule has 0 aliphatic carbocycles. The molecule has 8 heteroatoms. The molecule has 80 valence electrons. The van der Waals surface area contributed by atoms with Crippen LogP contribution in [0.1, 0.15) is 6.92 Å². The molecule has 0 fully saturated rings. The van der Waals surface area contributed by atoms with Crippen LogP contribution in [0.25, 0.3) is 0 Å². The molecule has 0 bridgehead atoms. The summed E-state index contributed by atoms with van der Waals surface area (Å²) in [6, 6.07) is 0. The fourth-order valence-corrected chi connectivity index (χ4v) is 1.98. The quantitative estimate of drug-likeness (QED) is 0.583. The smallest absolute Gasteiger partial charge is 0.295 e. The van der Waals surface area contributed by atoms with Crippen LogP contribution in [0.5, 0.6) is 0 Å². The Balaban J connectivity index is 5.08. The molecule has 0 aromatic heterocycles. The lowest BCUT2D eigenvalue weighted by atomic mass is 10.6. The van der Waals surface area contributed by atoms with Crippen LogP contribution in [-0.4, -0.2) is 31.9 Å². The Kier molecular flexibility index (Phi) is 5.23. The number of allylic oxidation sites excluding steroid dienone is 1. The Morgan fingerprint density at radius 3 is 2.36 bits per heavy atom. The zero-order chi connectivity index (χ0) is 11.4. The molecule has 1 amide bonds. The fraction of sp³-hybridized carbons (Fsp3) is 0.333. The number of aliphatic imine (C=N–C) groups is 1. The van der Waals surface area contributed by atoms with Crippen LogP contribution in [0.15, 0.2) is 14.8 Å². The third kappa shape index (κ3) is 4.67. The minimum absolute atomic E-state index is 0.455. The predicted octanol–water partition coefficient (Wildman–Crippen LogP) is 0.0154. The van der Waals surface area contributed by atoms with Gasteiger partial charge in [-0.05, 0) is 22.6 Å². The maximum Gasteiger partial charge on any atom is 0.305 e. The van der Waals surface area contributed by atoms with E-state index in [1.807, 2.05) is 22.6 Å². The first-order valence-electron chi connectivity index (χ1n) is 3.41. The second kappa shape index (κ2) is 5.41. The van der Waals surface area contributed by atoms with Gasteiger partial charge in [0.15, 0.2) is 0 Å². The van der Waals surface area contributed by atoms with E-state index in [0.29, 0.717) is 7.89 Å². The molecule has 0 radical (unpaired) electrons. The molecule has 0 aliphatic rings. The maximum atomic E-state index is 10.9. The molecule has 0 aromatic carbocycles. The van der Waals surface area contributed by atoms with Crippen LogP contribution in [0.4, 0.5) is 0 Å². The van der Waals surface area contributed by atoms with Gasteiger partial charge in [0.25, 0.3) is 0 Å². The molecule has 14 heavy (non-hydrogen) atoms. The average Bonchev–Trinajstić information content (AvgIpc) is 1.98. The monoisotopic (exact) mass is 331 g/mol. The van der Waals surface area contributed by atoms with Gasteiger partial charge < -0.3 is 0 Å². The highest BCUT2D eigenvalue weighted by Crippen LogP contribution is 2.07. The van der Waals surface area contributed by atoms with Gasteiger partial charge in [-0.3, -0.25) is 9.79 Å². The molecule has 0 aliphatic heterocycles. The zero-order valence-corrected chi connectivity index (χ0v) is 10.6. The molecule has 0 saturated carbocycles. The summed E-state index contributed by atoms with van der Waals surface area (Å²) in [5, 5.41) is 4.81. The van der Waals surface area contributed by atoms with Gasteiger partial charge in [0, 0.05) is 30.0 Å². The topological polar surface area (TPSA) is 92.8 Å². The van der Waals surface area contributed by atoms with Crippen LogP contribution < -0.4 is 5.14 Å². The number of hydrogen-bond acceptors (Lipinski definition) is 4. The van der Waals surface area contributed by atoms with E-state index in [1.165, 1.54) is 13.3 Å². The van der Waals surface area contributed by atoms with Crippen molar-refractivity contribution < 1.29 is 13.2 Å². The summed E-state index contributed by atoms with van der Waals surface area (Å²) in [6.45, 7) is 1.11. The van der Waals surface area contributed by atoms with E-state index in [9.17, 15) is 13.2 Å². The molecule has 0 spiro atoms. The van der Waals surface area contributed by atoms with Crippen LogP contribution >= 0.6 is 22.6 Å².